The van der Waals surface area contributed by atoms with Gasteiger partial charge in [-0.2, -0.15) is 0 Å². The van der Waals surface area contributed by atoms with Gasteiger partial charge in [0.05, 0.1) is 17.2 Å². The normalized spacial score (nSPS) is 16.2. The van der Waals surface area contributed by atoms with Crippen molar-refractivity contribution in [2.45, 2.75) is 12.5 Å². The van der Waals surface area contributed by atoms with Gasteiger partial charge in [-0.25, -0.2) is 0 Å². The zero-order valence-corrected chi connectivity index (χ0v) is 12.9. The Morgan fingerprint density at radius 1 is 1.23 bits per heavy atom. The number of halogens is 2. The Morgan fingerprint density at radius 3 is 2.64 bits per heavy atom. The average Bonchev–Trinajstić information content (AvgIpc) is 2.94. The second-order valence-corrected chi connectivity index (χ2v) is 5.77. The van der Waals surface area contributed by atoms with E-state index in [2.05, 4.69) is 0 Å². The molecule has 0 saturated heterocycles. The summed E-state index contributed by atoms with van der Waals surface area (Å²) in [6, 6.07) is 7.83. The van der Waals surface area contributed by atoms with Crippen LogP contribution in [0.2, 0.25) is 10.0 Å². The van der Waals surface area contributed by atoms with Crippen LogP contribution in [0.5, 0.6) is 11.5 Å². The lowest BCUT2D eigenvalue weighted by Crippen LogP contribution is -2.17. The van der Waals surface area contributed by atoms with E-state index in [-0.39, 0.29) is 39.6 Å². The molecule has 1 aliphatic heterocycles. The first-order chi connectivity index (χ1) is 10.5. The van der Waals surface area contributed by atoms with Crippen molar-refractivity contribution in [1.82, 2.24) is 0 Å². The van der Waals surface area contributed by atoms with Crippen LogP contribution < -0.4 is 4.74 Å². The number of benzene rings is 2. The Morgan fingerprint density at radius 2 is 1.95 bits per heavy atom. The standard InChI is InChI=1S/C16H12Cl2O4/c17-13-11(15(21)10-3-1-2-4-12(10)20)6-8-5-9(7-19)22-16(8)14(13)18/h1-4,6,9,19-20H,5,7H2. The lowest BCUT2D eigenvalue weighted by atomic mass is 9.99. The second kappa shape index (κ2) is 5.80. The maximum absolute atomic E-state index is 12.6. The number of aromatic hydroxyl groups is 1. The van der Waals surface area contributed by atoms with Crippen LogP contribution in [-0.2, 0) is 6.42 Å². The van der Waals surface area contributed by atoms with Gasteiger partial charge in [-0.3, -0.25) is 4.79 Å². The van der Waals surface area contributed by atoms with Crippen molar-refractivity contribution >= 4 is 29.0 Å². The van der Waals surface area contributed by atoms with Crippen molar-refractivity contribution < 1.29 is 19.7 Å². The fraction of sp³-hybridized carbons (Fsp3) is 0.188. The first kappa shape index (κ1) is 15.2. The number of fused-ring (bicyclic) bond motifs is 1. The third kappa shape index (κ3) is 2.43. The Balaban J connectivity index is 2.08. The highest BCUT2D eigenvalue weighted by atomic mass is 35.5. The van der Waals surface area contributed by atoms with Crippen LogP contribution >= 0.6 is 23.2 Å². The number of phenols is 1. The van der Waals surface area contributed by atoms with Crippen LogP contribution in [0.25, 0.3) is 0 Å². The number of para-hydroxylation sites is 1. The first-order valence-electron chi connectivity index (χ1n) is 6.64. The largest absolute Gasteiger partial charge is 0.507 e. The van der Waals surface area contributed by atoms with E-state index < -0.39 is 5.78 Å². The number of aliphatic hydroxyl groups excluding tert-OH is 1. The number of rotatable bonds is 3. The first-order valence-corrected chi connectivity index (χ1v) is 7.39. The molecule has 0 radical (unpaired) electrons. The van der Waals surface area contributed by atoms with Gasteiger partial charge in [0.25, 0.3) is 0 Å². The molecule has 0 bridgehead atoms. The molecule has 0 aliphatic carbocycles. The van der Waals surface area contributed by atoms with Gasteiger partial charge in [0.15, 0.2) is 5.78 Å². The highest BCUT2D eigenvalue weighted by molar-refractivity contribution is 6.45. The van der Waals surface area contributed by atoms with Gasteiger partial charge in [-0.15, -0.1) is 0 Å². The summed E-state index contributed by atoms with van der Waals surface area (Å²) in [5.74, 6) is -0.135. The van der Waals surface area contributed by atoms with Crippen molar-refractivity contribution in [1.29, 1.82) is 0 Å². The number of hydrogen-bond donors (Lipinski definition) is 2. The lowest BCUT2D eigenvalue weighted by Gasteiger charge is -2.11. The molecule has 0 saturated carbocycles. The van der Waals surface area contributed by atoms with Crippen LogP contribution in [-0.4, -0.2) is 28.7 Å². The fourth-order valence-electron chi connectivity index (χ4n) is 2.47. The smallest absolute Gasteiger partial charge is 0.198 e. The molecule has 2 aromatic carbocycles. The monoisotopic (exact) mass is 338 g/mol. The molecule has 22 heavy (non-hydrogen) atoms. The number of hydrogen-bond acceptors (Lipinski definition) is 4. The summed E-state index contributed by atoms with van der Waals surface area (Å²) < 4.78 is 5.50. The molecule has 6 heteroatoms. The Bertz CT molecular complexity index is 758. The van der Waals surface area contributed by atoms with E-state index in [1.165, 1.54) is 12.1 Å². The van der Waals surface area contributed by atoms with Crippen molar-refractivity contribution in [3.63, 3.8) is 0 Å². The zero-order chi connectivity index (χ0) is 15.9. The minimum absolute atomic E-state index is 0.0762. The van der Waals surface area contributed by atoms with E-state index in [9.17, 15) is 15.0 Å². The van der Waals surface area contributed by atoms with Gasteiger partial charge in [-0.1, -0.05) is 35.3 Å². The minimum atomic E-state index is -0.416. The van der Waals surface area contributed by atoms with Gasteiger partial charge in [0.1, 0.15) is 22.6 Å². The van der Waals surface area contributed by atoms with E-state index in [1.54, 1.807) is 18.2 Å². The Kier molecular flexibility index (Phi) is 4.00. The van der Waals surface area contributed by atoms with Crippen molar-refractivity contribution in [3.05, 3.63) is 57.1 Å². The molecule has 1 heterocycles. The van der Waals surface area contributed by atoms with Gasteiger partial charge >= 0.3 is 0 Å². The summed E-state index contributed by atoms with van der Waals surface area (Å²) in [5.41, 5.74) is 1.07. The summed E-state index contributed by atoms with van der Waals surface area (Å²) in [6.07, 6.45) is 0.0584. The second-order valence-electron chi connectivity index (χ2n) is 5.01. The molecule has 2 aromatic rings. The summed E-state index contributed by atoms with van der Waals surface area (Å²) in [5, 5.41) is 19.2. The van der Waals surface area contributed by atoms with E-state index in [4.69, 9.17) is 27.9 Å². The summed E-state index contributed by atoms with van der Waals surface area (Å²) >= 11 is 12.4. The van der Waals surface area contributed by atoms with Gasteiger partial charge in [0, 0.05) is 17.5 Å². The minimum Gasteiger partial charge on any atom is -0.507 e. The summed E-state index contributed by atoms with van der Waals surface area (Å²) in [6.45, 7) is -0.147. The van der Waals surface area contributed by atoms with E-state index in [1.807, 2.05) is 0 Å². The number of ketones is 1. The molecule has 0 spiro atoms. The molecule has 1 unspecified atom stereocenters. The Labute approximate surface area is 136 Å². The summed E-state index contributed by atoms with van der Waals surface area (Å²) in [7, 11) is 0. The SMILES string of the molecule is O=C(c1ccccc1O)c1cc2c(c(Cl)c1Cl)OC(CO)C2. The fourth-order valence-corrected chi connectivity index (χ4v) is 2.97. The molecule has 3 rings (SSSR count). The number of phenolic OH excluding ortho intramolecular Hbond substituents is 1. The van der Waals surface area contributed by atoms with Crippen molar-refractivity contribution in [2.24, 2.45) is 0 Å². The van der Waals surface area contributed by atoms with E-state index in [0.29, 0.717) is 17.7 Å². The molecule has 114 valence electrons. The highest BCUT2D eigenvalue weighted by Gasteiger charge is 2.29. The molecule has 1 aliphatic rings. The third-order valence-corrected chi connectivity index (χ3v) is 4.42. The molecular weight excluding hydrogens is 327 g/mol. The maximum atomic E-state index is 12.6. The predicted octanol–water partition coefficient (Wildman–Crippen LogP) is 3.23. The molecule has 2 N–H and O–H groups in total. The molecule has 0 aromatic heterocycles. The van der Waals surface area contributed by atoms with Crippen LogP contribution in [0, 0.1) is 0 Å². The third-order valence-electron chi connectivity index (χ3n) is 3.57. The highest BCUT2D eigenvalue weighted by Crippen LogP contribution is 2.43. The zero-order valence-electron chi connectivity index (χ0n) is 11.3. The van der Waals surface area contributed by atoms with Crippen LogP contribution in [0.3, 0.4) is 0 Å². The quantitative estimate of drug-likeness (QED) is 0.843. The van der Waals surface area contributed by atoms with E-state index in [0.717, 1.165) is 0 Å². The van der Waals surface area contributed by atoms with Gasteiger partial charge < -0.3 is 14.9 Å². The predicted molar refractivity (Wildman–Crippen MR) is 83.2 cm³/mol. The summed E-state index contributed by atoms with van der Waals surface area (Å²) in [4.78, 5) is 12.6. The number of ether oxygens (including phenoxy) is 1. The van der Waals surface area contributed by atoms with Gasteiger partial charge in [-0.05, 0) is 18.2 Å². The number of aliphatic hydroxyl groups is 1. The number of carbonyl (C=O) groups is 1. The average molecular weight is 339 g/mol. The molecule has 0 amide bonds. The van der Waals surface area contributed by atoms with Crippen molar-refractivity contribution in [3.8, 4) is 11.5 Å². The van der Waals surface area contributed by atoms with Crippen molar-refractivity contribution in [2.75, 3.05) is 6.61 Å². The van der Waals surface area contributed by atoms with Crippen LogP contribution in [0.1, 0.15) is 21.5 Å². The molecule has 1 atom stereocenters. The maximum Gasteiger partial charge on any atom is 0.198 e. The molecular formula is C16H12Cl2O4. The topological polar surface area (TPSA) is 66.8 Å². The van der Waals surface area contributed by atoms with Crippen LogP contribution in [0.4, 0.5) is 0 Å². The lowest BCUT2D eigenvalue weighted by molar-refractivity contribution is 0.103. The molecule has 0 fully saturated rings. The number of carbonyl (C=O) groups excluding carboxylic acids is 1. The van der Waals surface area contributed by atoms with Gasteiger partial charge in [0.2, 0.25) is 0 Å². The Hall–Kier alpha value is -1.75. The van der Waals surface area contributed by atoms with E-state index >= 15 is 0 Å². The van der Waals surface area contributed by atoms with Crippen LogP contribution in [0.15, 0.2) is 30.3 Å². The molecule has 4 nitrogen and oxygen atoms in total.